The summed E-state index contributed by atoms with van der Waals surface area (Å²) in [7, 11) is 0. The van der Waals surface area contributed by atoms with Crippen LogP contribution in [0.15, 0.2) is 80.1 Å². The van der Waals surface area contributed by atoms with Gasteiger partial charge in [-0.05, 0) is 85.3 Å². The molecule has 1 heterocycles. The van der Waals surface area contributed by atoms with Crippen molar-refractivity contribution in [2.75, 3.05) is 0 Å². The zero-order valence-corrected chi connectivity index (χ0v) is 20.3. The third-order valence-corrected chi connectivity index (χ3v) is 5.69. The Labute approximate surface area is 192 Å². The van der Waals surface area contributed by atoms with Gasteiger partial charge >= 0.3 is 5.63 Å². The van der Waals surface area contributed by atoms with Crippen LogP contribution in [0.25, 0.3) is 11.0 Å². The molecule has 0 aliphatic rings. The molecular formula is C29H38O3. The molecule has 3 nitrogen and oxygen atoms in total. The molecule has 32 heavy (non-hydrogen) atoms. The van der Waals surface area contributed by atoms with E-state index in [9.17, 15) is 9.90 Å². The van der Waals surface area contributed by atoms with E-state index in [4.69, 9.17) is 4.42 Å². The van der Waals surface area contributed by atoms with Crippen LogP contribution in [0.2, 0.25) is 0 Å². The second-order valence-corrected chi connectivity index (χ2v) is 8.97. The first-order valence-electron chi connectivity index (χ1n) is 11.6. The van der Waals surface area contributed by atoms with Crippen molar-refractivity contribution in [3.05, 3.63) is 86.8 Å². The van der Waals surface area contributed by atoms with Crippen molar-refractivity contribution in [1.82, 2.24) is 0 Å². The van der Waals surface area contributed by atoms with Gasteiger partial charge in [-0.3, -0.25) is 0 Å². The Bertz CT molecular complexity index is 1070. The molecule has 1 aromatic heterocycles. The molecule has 1 N–H and O–H groups in total. The van der Waals surface area contributed by atoms with Crippen LogP contribution in [0.4, 0.5) is 0 Å². The Morgan fingerprint density at radius 2 is 1.34 bits per heavy atom. The lowest BCUT2D eigenvalue weighted by Gasteiger charge is -2.05. The van der Waals surface area contributed by atoms with E-state index < -0.39 is 5.63 Å². The van der Waals surface area contributed by atoms with E-state index in [2.05, 4.69) is 52.8 Å². The standard InChI is InChI=1S/C29H38O3/c1-21(2)11-8-12-22(3)13-9-14-23(4)15-10-16-24(5)19-20-26-28(30)25-17-6-7-18-27(25)32-29(26)31/h6-7,11,13,15,17-19,30H,8-10,12,14,16,20H2,1-5H3/b22-13+,23-15+,24-19+. The van der Waals surface area contributed by atoms with Crippen LogP contribution in [0.1, 0.15) is 78.7 Å². The minimum atomic E-state index is -0.467. The van der Waals surface area contributed by atoms with Crippen molar-refractivity contribution in [1.29, 1.82) is 0 Å². The topological polar surface area (TPSA) is 50.4 Å². The van der Waals surface area contributed by atoms with Crippen molar-refractivity contribution in [2.24, 2.45) is 0 Å². The summed E-state index contributed by atoms with van der Waals surface area (Å²) < 4.78 is 5.34. The van der Waals surface area contributed by atoms with Gasteiger partial charge in [0.15, 0.2) is 0 Å². The van der Waals surface area contributed by atoms with E-state index in [0.29, 0.717) is 23.0 Å². The van der Waals surface area contributed by atoms with Crippen LogP contribution in [-0.4, -0.2) is 5.11 Å². The maximum Gasteiger partial charge on any atom is 0.343 e. The maximum absolute atomic E-state index is 12.2. The lowest BCUT2D eigenvalue weighted by atomic mass is 10.0. The fourth-order valence-corrected chi connectivity index (χ4v) is 3.62. The number of para-hydroxylation sites is 1. The molecule has 1 aromatic carbocycles. The van der Waals surface area contributed by atoms with Gasteiger partial charge < -0.3 is 9.52 Å². The number of benzene rings is 1. The smallest absolute Gasteiger partial charge is 0.343 e. The molecule has 0 radical (unpaired) electrons. The number of allylic oxidation sites excluding steroid dienone is 8. The molecule has 0 saturated carbocycles. The first-order chi connectivity index (χ1) is 15.3. The first kappa shape index (κ1) is 25.5. The van der Waals surface area contributed by atoms with Crippen molar-refractivity contribution >= 4 is 11.0 Å². The highest BCUT2D eigenvalue weighted by atomic mass is 16.4. The minimum Gasteiger partial charge on any atom is -0.507 e. The summed E-state index contributed by atoms with van der Waals surface area (Å²) in [5, 5.41) is 11.1. The molecular weight excluding hydrogens is 396 g/mol. The number of hydrogen-bond donors (Lipinski definition) is 1. The Hall–Kier alpha value is -2.81. The Kier molecular flexibility index (Phi) is 10.3. The minimum absolute atomic E-state index is 0.0286. The van der Waals surface area contributed by atoms with Crippen LogP contribution in [0, 0.1) is 0 Å². The van der Waals surface area contributed by atoms with Crippen LogP contribution in [-0.2, 0) is 6.42 Å². The molecule has 0 aliphatic carbocycles. The van der Waals surface area contributed by atoms with Gasteiger partial charge in [0.1, 0.15) is 11.3 Å². The summed E-state index contributed by atoms with van der Waals surface area (Å²) in [6.07, 6.45) is 15.7. The molecule has 0 saturated heterocycles. The Balaban J connectivity index is 1.83. The molecule has 0 atom stereocenters. The van der Waals surface area contributed by atoms with E-state index >= 15 is 0 Å². The number of hydrogen-bond acceptors (Lipinski definition) is 3. The average molecular weight is 435 g/mol. The van der Waals surface area contributed by atoms with Crippen LogP contribution in [0.3, 0.4) is 0 Å². The first-order valence-corrected chi connectivity index (χ1v) is 11.6. The van der Waals surface area contributed by atoms with Gasteiger partial charge in [-0.15, -0.1) is 0 Å². The normalized spacial score (nSPS) is 13.0. The predicted molar refractivity (Wildman–Crippen MR) is 136 cm³/mol. The zero-order chi connectivity index (χ0) is 23.5. The summed E-state index contributed by atoms with van der Waals surface area (Å²) in [4.78, 5) is 12.2. The molecule has 2 rings (SSSR count). The second-order valence-electron chi connectivity index (χ2n) is 8.97. The number of fused-ring (bicyclic) bond motifs is 1. The Morgan fingerprint density at radius 3 is 1.94 bits per heavy atom. The summed E-state index contributed by atoms with van der Waals surface area (Å²) >= 11 is 0. The SMILES string of the molecule is CC(C)=CCC/C(C)=C/CC/C(C)=C/CC/C(C)=C/Cc1c(O)c2ccccc2oc1=O. The van der Waals surface area contributed by atoms with Gasteiger partial charge in [0.05, 0.1) is 10.9 Å². The zero-order valence-electron chi connectivity index (χ0n) is 20.3. The molecule has 0 spiro atoms. The molecule has 172 valence electrons. The molecule has 0 bridgehead atoms. The Morgan fingerprint density at radius 1 is 0.812 bits per heavy atom. The lowest BCUT2D eigenvalue weighted by Crippen LogP contribution is -2.07. The van der Waals surface area contributed by atoms with Gasteiger partial charge in [-0.1, -0.05) is 58.7 Å². The molecule has 0 fully saturated rings. The highest BCUT2D eigenvalue weighted by molar-refractivity contribution is 5.83. The fourth-order valence-electron chi connectivity index (χ4n) is 3.62. The highest BCUT2D eigenvalue weighted by Crippen LogP contribution is 2.26. The quantitative estimate of drug-likeness (QED) is 0.286. The van der Waals surface area contributed by atoms with E-state index in [1.54, 1.807) is 18.2 Å². The van der Waals surface area contributed by atoms with Crippen molar-refractivity contribution in [2.45, 2.75) is 79.6 Å². The largest absolute Gasteiger partial charge is 0.507 e. The average Bonchev–Trinajstić information content (AvgIpc) is 2.73. The molecule has 0 aliphatic heterocycles. The number of rotatable bonds is 11. The fraction of sp³-hybridized carbons (Fsp3) is 0.414. The van der Waals surface area contributed by atoms with Gasteiger partial charge in [0, 0.05) is 6.42 Å². The van der Waals surface area contributed by atoms with Gasteiger partial charge in [-0.2, -0.15) is 0 Å². The highest BCUT2D eigenvalue weighted by Gasteiger charge is 2.12. The van der Waals surface area contributed by atoms with E-state index in [1.165, 1.54) is 22.3 Å². The van der Waals surface area contributed by atoms with Crippen LogP contribution in [0.5, 0.6) is 5.75 Å². The van der Waals surface area contributed by atoms with Crippen LogP contribution >= 0.6 is 0 Å². The van der Waals surface area contributed by atoms with E-state index in [-0.39, 0.29) is 5.75 Å². The number of aromatic hydroxyl groups is 1. The van der Waals surface area contributed by atoms with Crippen molar-refractivity contribution in [3.63, 3.8) is 0 Å². The summed E-state index contributed by atoms with van der Waals surface area (Å²) in [6.45, 7) is 10.8. The van der Waals surface area contributed by atoms with Crippen molar-refractivity contribution in [3.8, 4) is 5.75 Å². The maximum atomic E-state index is 12.2. The second kappa shape index (κ2) is 12.9. The van der Waals surface area contributed by atoms with Crippen LogP contribution < -0.4 is 5.63 Å². The monoisotopic (exact) mass is 434 g/mol. The van der Waals surface area contributed by atoms with E-state index in [0.717, 1.165) is 38.5 Å². The van der Waals surface area contributed by atoms with Crippen molar-refractivity contribution < 1.29 is 9.52 Å². The molecule has 2 aromatic rings. The molecule has 0 amide bonds. The van der Waals surface area contributed by atoms with Gasteiger partial charge in [0.25, 0.3) is 0 Å². The van der Waals surface area contributed by atoms with Gasteiger partial charge in [0.2, 0.25) is 0 Å². The van der Waals surface area contributed by atoms with E-state index in [1.807, 2.05) is 12.1 Å². The molecule has 0 unspecified atom stereocenters. The van der Waals surface area contributed by atoms with Gasteiger partial charge in [-0.25, -0.2) is 4.79 Å². The summed E-state index contributed by atoms with van der Waals surface area (Å²) in [5.41, 5.74) is 5.74. The lowest BCUT2D eigenvalue weighted by molar-refractivity contribution is 0.459. The molecule has 3 heteroatoms. The summed E-state index contributed by atoms with van der Waals surface area (Å²) in [5.74, 6) is 0.0286. The third-order valence-electron chi connectivity index (χ3n) is 5.69. The predicted octanol–water partition coefficient (Wildman–Crippen LogP) is 8.19. The third kappa shape index (κ3) is 8.37. The summed E-state index contributed by atoms with van der Waals surface area (Å²) in [6, 6.07) is 7.07.